The third kappa shape index (κ3) is 4.74. The van der Waals surface area contributed by atoms with Crippen molar-refractivity contribution in [3.05, 3.63) is 29.8 Å². The fourth-order valence-corrected chi connectivity index (χ4v) is 3.19. The van der Waals surface area contributed by atoms with Gasteiger partial charge in [-0.25, -0.2) is 13.2 Å². The molecule has 5 nitrogen and oxygen atoms in total. The highest BCUT2D eigenvalue weighted by molar-refractivity contribution is 7.92. The van der Waals surface area contributed by atoms with Gasteiger partial charge < -0.3 is 4.74 Å². The molecule has 0 heterocycles. The zero-order chi connectivity index (χ0) is 15.9. The number of carbonyl (C=O) groups is 1. The van der Waals surface area contributed by atoms with Crippen LogP contribution in [0.4, 0.5) is 5.69 Å². The normalized spacial score (nSPS) is 11.2. The second-order valence-corrected chi connectivity index (χ2v) is 6.91. The van der Waals surface area contributed by atoms with Gasteiger partial charge in [0, 0.05) is 7.05 Å². The number of hydrogen-bond donors (Lipinski definition) is 0. The SMILES string of the molecule is CCCCS(=O)(=O)N(C)c1ccccc1C(=O)OCCC. The zero-order valence-electron chi connectivity index (χ0n) is 12.8. The largest absolute Gasteiger partial charge is 0.462 e. The van der Waals surface area contributed by atoms with Crippen LogP contribution in [0.1, 0.15) is 43.5 Å². The highest BCUT2D eigenvalue weighted by Gasteiger charge is 2.23. The van der Waals surface area contributed by atoms with E-state index in [-0.39, 0.29) is 11.3 Å². The molecule has 0 amide bonds. The first-order valence-electron chi connectivity index (χ1n) is 7.16. The fourth-order valence-electron chi connectivity index (χ4n) is 1.81. The molecule has 0 aliphatic heterocycles. The molecule has 0 saturated carbocycles. The molecule has 0 N–H and O–H groups in total. The number of unbranched alkanes of at least 4 members (excludes halogenated alkanes) is 1. The van der Waals surface area contributed by atoms with E-state index in [0.717, 1.165) is 12.8 Å². The second-order valence-electron chi connectivity index (χ2n) is 4.79. The smallest absolute Gasteiger partial charge is 0.340 e. The molecule has 118 valence electrons. The summed E-state index contributed by atoms with van der Waals surface area (Å²) < 4.78 is 30.8. The summed E-state index contributed by atoms with van der Waals surface area (Å²) >= 11 is 0. The molecule has 0 bridgehead atoms. The van der Waals surface area contributed by atoms with E-state index in [0.29, 0.717) is 18.7 Å². The Morgan fingerprint density at radius 1 is 1.19 bits per heavy atom. The van der Waals surface area contributed by atoms with Crippen LogP contribution in [0.3, 0.4) is 0 Å². The van der Waals surface area contributed by atoms with Gasteiger partial charge in [0.05, 0.1) is 23.6 Å². The predicted molar refractivity (Wildman–Crippen MR) is 84.1 cm³/mol. The van der Waals surface area contributed by atoms with Crippen molar-refractivity contribution in [3.8, 4) is 0 Å². The van der Waals surface area contributed by atoms with Crippen LogP contribution in [-0.4, -0.2) is 33.8 Å². The molecule has 0 spiro atoms. The summed E-state index contributed by atoms with van der Waals surface area (Å²) in [4.78, 5) is 12.0. The van der Waals surface area contributed by atoms with Crippen LogP contribution in [-0.2, 0) is 14.8 Å². The van der Waals surface area contributed by atoms with E-state index < -0.39 is 16.0 Å². The van der Waals surface area contributed by atoms with Gasteiger partial charge >= 0.3 is 5.97 Å². The number of nitrogens with zero attached hydrogens (tertiary/aromatic N) is 1. The Bertz CT molecular complexity index is 569. The number of esters is 1. The molecule has 1 aromatic carbocycles. The van der Waals surface area contributed by atoms with Gasteiger partial charge in [-0.05, 0) is 25.0 Å². The van der Waals surface area contributed by atoms with Crippen molar-refractivity contribution < 1.29 is 17.9 Å². The topological polar surface area (TPSA) is 63.7 Å². The van der Waals surface area contributed by atoms with Crippen molar-refractivity contribution in [2.75, 3.05) is 23.7 Å². The third-order valence-electron chi connectivity index (χ3n) is 3.07. The zero-order valence-corrected chi connectivity index (χ0v) is 13.6. The van der Waals surface area contributed by atoms with E-state index in [1.807, 2.05) is 13.8 Å². The Kier molecular flexibility index (Phi) is 6.68. The summed E-state index contributed by atoms with van der Waals surface area (Å²) in [6.07, 6.45) is 2.11. The maximum Gasteiger partial charge on any atom is 0.340 e. The molecule has 21 heavy (non-hydrogen) atoms. The van der Waals surface area contributed by atoms with E-state index in [2.05, 4.69) is 0 Å². The maximum atomic E-state index is 12.3. The number of sulfonamides is 1. The molecule has 1 rings (SSSR count). The lowest BCUT2D eigenvalue weighted by molar-refractivity contribution is 0.0506. The van der Waals surface area contributed by atoms with Crippen LogP contribution in [0, 0.1) is 0 Å². The standard InChI is InChI=1S/C15H23NO4S/c1-4-6-12-21(18,19)16(3)14-10-8-7-9-13(14)15(17)20-11-5-2/h7-10H,4-6,11-12H2,1-3H3. The Balaban J connectivity index is 3.05. The van der Waals surface area contributed by atoms with Crippen molar-refractivity contribution in [3.63, 3.8) is 0 Å². The van der Waals surface area contributed by atoms with Crippen LogP contribution in [0.25, 0.3) is 0 Å². The van der Waals surface area contributed by atoms with E-state index in [1.165, 1.54) is 11.4 Å². The van der Waals surface area contributed by atoms with Crippen molar-refractivity contribution in [1.82, 2.24) is 0 Å². The van der Waals surface area contributed by atoms with Crippen LogP contribution in [0.5, 0.6) is 0 Å². The van der Waals surface area contributed by atoms with Crippen molar-refractivity contribution in [1.29, 1.82) is 0 Å². The lowest BCUT2D eigenvalue weighted by Gasteiger charge is -2.21. The molecule has 0 atom stereocenters. The average Bonchev–Trinajstić information content (AvgIpc) is 2.49. The van der Waals surface area contributed by atoms with Gasteiger partial charge in [0.15, 0.2) is 0 Å². The van der Waals surface area contributed by atoms with Crippen LogP contribution < -0.4 is 4.31 Å². The Morgan fingerprint density at radius 2 is 1.86 bits per heavy atom. The Hall–Kier alpha value is -1.56. The quantitative estimate of drug-likeness (QED) is 0.692. The summed E-state index contributed by atoms with van der Waals surface area (Å²) in [6.45, 7) is 4.16. The number of para-hydroxylation sites is 1. The van der Waals surface area contributed by atoms with Gasteiger partial charge in [-0.1, -0.05) is 32.4 Å². The van der Waals surface area contributed by atoms with Crippen molar-refractivity contribution >= 4 is 21.7 Å². The molecule has 0 radical (unpaired) electrons. The van der Waals surface area contributed by atoms with Crippen LogP contribution in [0.2, 0.25) is 0 Å². The Labute approximate surface area is 127 Å². The maximum absolute atomic E-state index is 12.3. The molecule has 1 aromatic rings. The lowest BCUT2D eigenvalue weighted by atomic mass is 10.2. The fraction of sp³-hybridized carbons (Fsp3) is 0.533. The summed E-state index contributed by atoms with van der Waals surface area (Å²) in [7, 11) is -1.96. The van der Waals surface area contributed by atoms with Gasteiger partial charge in [-0.15, -0.1) is 0 Å². The Morgan fingerprint density at radius 3 is 2.48 bits per heavy atom. The van der Waals surface area contributed by atoms with Gasteiger partial charge in [0.25, 0.3) is 0 Å². The summed E-state index contributed by atoms with van der Waals surface area (Å²) in [5, 5.41) is 0. The molecule has 0 aromatic heterocycles. The third-order valence-corrected chi connectivity index (χ3v) is 4.91. The molecular formula is C15H23NO4S. The van der Waals surface area contributed by atoms with Crippen LogP contribution >= 0.6 is 0 Å². The minimum absolute atomic E-state index is 0.0678. The monoisotopic (exact) mass is 313 g/mol. The summed E-state index contributed by atoms with van der Waals surface area (Å²) in [5.41, 5.74) is 0.628. The van der Waals surface area contributed by atoms with E-state index in [4.69, 9.17) is 4.74 Å². The summed E-state index contributed by atoms with van der Waals surface area (Å²) in [5.74, 6) is -0.428. The second kappa shape index (κ2) is 8.02. The molecule has 0 aliphatic rings. The van der Waals surface area contributed by atoms with E-state index in [1.54, 1.807) is 24.3 Å². The van der Waals surface area contributed by atoms with Crippen molar-refractivity contribution in [2.24, 2.45) is 0 Å². The highest BCUT2D eigenvalue weighted by atomic mass is 32.2. The average molecular weight is 313 g/mol. The van der Waals surface area contributed by atoms with Gasteiger partial charge in [0.1, 0.15) is 0 Å². The first-order valence-corrected chi connectivity index (χ1v) is 8.77. The van der Waals surface area contributed by atoms with E-state index >= 15 is 0 Å². The lowest BCUT2D eigenvalue weighted by Crippen LogP contribution is -2.30. The van der Waals surface area contributed by atoms with Gasteiger partial charge in [0.2, 0.25) is 10.0 Å². The van der Waals surface area contributed by atoms with E-state index in [9.17, 15) is 13.2 Å². The molecule has 6 heteroatoms. The number of rotatable bonds is 8. The minimum Gasteiger partial charge on any atom is -0.462 e. The minimum atomic E-state index is -3.43. The first-order chi connectivity index (χ1) is 9.94. The number of benzene rings is 1. The van der Waals surface area contributed by atoms with Gasteiger partial charge in [-0.3, -0.25) is 4.31 Å². The number of ether oxygens (including phenoxy) is 1. The number of anilines is 1. The number of hydrogen-bond acceptors (Lipinski definition) is 4. The van der Waals surface area contributed by atoms with Crippen LogP contribution in [0.15, 0.2) is 24.3 Å². The first kappa shape index (κ1) is 17.5. The molecule has 0 fully saturated rings. The molecular weight excluding hydrogens is 290 g/mol. The highest BCUT2D eigenvalue weighted by Crippen LogP contribution is 2.23. The molecule has 0 unspecified atom stereocenters. The molecule has 0 aliphatic carbocycles. The van der Waals surface area contributed by atoms with Crippen molar-refractivity contribution in [2.45, 2.75) is 33.1 Å². The predicted octanol–water partition coefficient (Wildman–Crippen LogP) is 2.82. The molecule has 0 saturated heterocycles. The number of carbonyl (C=O) groups excluding carboxylic acids is 1. The summed E-state index contributed by atoms with van der Waals surface area (Å²) in [6, 6.07) is 6.60. The van der Waals surface area contributed by atoms with Gasteiger partial charge in [-0.2, -0.15) is 0 Å².